The summed E-state index contributed by atoms with van der Waals surface area (Å²) < 4.78 is 19.4. The molecule has 0 aromatic heterocycles. The number of benzene rings is 1. The molecule has 3 rings (SSSR count). The average Bonchev–Trinajstić information content (AvgIpc) is 3.01. The second-order valence-corrected chi connectivity index (χ2v) is 6.92. The van der Waals surface area contributed by atoms with Gasteiger partial charge in [0.1, 0.15) is 5.82 Å². The zero-order valence-electron chi connectivity index (χ0n) is 12.7. The van der Waals surface area contributed by atoms with Gasteiger partial charge in [0.25, 0.3) is 0 Å². The molecule has 2 aliphatic rings. The number of amides is 2. The molecule has 0 spiro atoms. The number of carbonyl (C=O) groups is 1. The Morgan fingerprint density at radius 1 is 1.50 bits per heavy atom. The third kappa shape index (κ3) is 3.38. The molecule has 4 nitrogen and oxygen atoms in total. The zero-order valence-corrected chi connectivity index (χ0v) is 13.5. The Labute approximate surface area is 134 Å². The first kappa shape index (κ1) is 15.6. The Hall–Kier alpha value is -1.27. The maximum Gasteiger partial charge on any atom is 0.317 e. The van der Waals surface area contributed by atoms with Gasteiger partial charge in [-0.05, 0) is 30.9 Å². The molecule has 0 unspecified atom stereocenters. The van der Waals surface area contributed by atoms with Gasteiger partial charge in [0.05, 0.1) is 12.1 Å². The van der Waals surface area contributed by atoms with Crippen molar-refractivity contribution in [2.24, 2.45) is 0 Å². The van der Waals surface area contributed by atoms with Crippen molar-refractivity contribution in [3.05, 3.63) is 29.6 Å². The molecule has 1 fully saturated rings. The lowest BCUT2D eigenvalue weighted by atomic mass is 10.0. The second-order valence-electron chi connectivity index (χ2n) is 5.81. The number of nitrogens with zero attached hydrogens (tertiary/aromatic N) is 1. The molecular formula is C16H21FN2O2S. The monoisotopic (exact) mass is 324 g/mol. The molecule has 2 atom stereocenters. The predicted octanol–water partition coefficient (Wildman–Crippen LogP) is 3.18. The molecule has 6 heteroatoms. The molecule has 0 bridgehead atoms. The molecule has 0 radical (unpaired) electrons. The number of hydrogen-bond acceptors (Lipinski definition) is 3. The van der Waals surface area contributed by atoms with Crippen LogP contribution in [0.5, 0.6) is 0 Å². The van der Waals surface area contributed by atoms with Crippen LogP contribution in [0.25, 0.3) is 0 Å². The summed E-state index contributed by atoms with van der Waals surface area (Å²) in [7, 11) is 1.78. The van der Waals surface area contributed by atoms with Crippen LogP contribution in [0.1, 0.15) is 30.9 Å². The smallest absolute Gasteiger partial charge is 0.317 e. The fourth-order valence-corrected chi connectivity index (χ4v) is 4.11. The summed E-state index contributed by atoms with van der Waals surface area (Å²) in [5.74, 6) is 0.614. The van der Waals surface area contributed by atoms with Crippen molar-refractivity contribution >= 4 is 17.8 Å². The quantitative estimate of drug-likeness (QED) is 0.928. The van der Waals surface area contributed by atoms with Crippen molar-refractivity contribution in [3.8, 4) is 0 Å². The molecule has 120 valence electrons. The summed E-state index contributed by atoms with van der Waals surface area (Å²) in [5, 5.41) is 3.03. The first-order chi connectivity index (χ1) is 10.6. The van der Waals surface area contributed by atoms with Crippen molar-refractivity contribution in [1.82, 2.24) is 10.2 Å². The number of rotatable bonds is 3. The molecule has 2 amide bonds. The first-order valence-electron chi connectivity index (χ1n) is 7.69. The number of thioether (sulfide) groups is 1. The number of likely N-dealkylation sites (N-methyl/N-ethyl adjacent to an activating group) is 1. The standard InChI is InChI=1S/C16H21FN2O2S/c1-19(10-11-4-3-8-21-11)16(20)18-14-7-9-22-15-12(14)5-2-6-13(15)17/h2,5-6,11,14H,3-4,7-10H2,1H3,(H,18,20)/t11-,14+/m1/s1. The van der Waals surface area contributed by atoms with Crippen molar-refractivity contribution < 1.29 is 13.9 Å². The van der Waals surface area contributed by atoms with Crippen molar-refractivity contribution in [2.45, 2.75) is 36.3 Å². The molecule has 1 aromatic rings. The van der Waals surface area contributed by atoms with Gasteiger partial charge in [0.2, 0.25) is 0 Å². The first-order valence-corrected chi connectivity index (χ1v) is 8.68. The minimum atomic E-state index is -0.200. The molecule has 2 heterocycles. The number of urea groups is 1. The van der Waals surface area contributed by atoms with Crippen LogP contribution in [0.2, 0.25) is 0 Å². The molecule has 1 saturated heterocycles. The number of nitrogens with one attached hydrogen (secondary N) is 1. The van der Waals surface area contributed by atoms with Crippen LogP contribution >= 0.6 is 11.8 Å². The van der Waals surface area contributed by atoms with E-state index in [4.69, 9.17) is 4.74 Å². The van der Waals surface area contributed by atoms with Gasteiger partial charge in [-0.25, -0.2) is 9.18 Å². The highest BCUT2D eigenvalue weighted by atomic mass is 32.2. The van der Waals surface area contributed by atoms with E-state index >= 15 is 0 Å². The van der Waals surface area contributed by atoms with Crippen LogP contribution in [0.15, 0.2) is 23.1 Å². The molecule has 0 aliphatic carbocycles. The molecule has 0 saturated carbocycles. The fourth-order valence-electron chi connectivity index (χ4n) is 2.97. The minimum Gasteiger partial charge on any atom is -0.376 e. The zero-order chi connectivity index (χ0) is 15.5. The van der Waals surface area contributed by atoms with E-state index < -0.39 is 0 Å². The lowest BCUT2D eigenvalue weighted by Gasteiger charge is -2.29. The predicted molar refractivity (Wildman–Crippen MR) is 84.6 cm³/mol. The van der Waals surface area contributed by atoms with Gasteiger partial charge in [0, 0.05) is 30.8 Å². The molecule has 22 heavy (non-hydrogen) atoms. The van der Waals surface area contributed by atoms with E-state index in [-0.39, 0.29) is 24.0 Å². The van der Waals surface area contributed by atoms with Crippen LogP contribution in [0.4, 0.5) is 9.18 Å². The topological polar surface area (TPSA) is 41.6 Å². The van der Waals surface area contributed by atoms with E-state index in [2.05, 4.69) is 5.32 Å². The summed E-state index contributed by atoms with van der Waals surface area (Å²) in [4.78, 5) is 14.7. The third-order valence-electron chi connectivity index (χ3n) is 4.17. The molecule has 2 aliphatic heterocycles. The Balaban J connectivity index is 1.63. The van der Waals surface area contributed by atoms with E-state index in [9.17, 15) is 9.18 Å². The van der Waals surface area contributed by atoms with Crippen molar-refractivity contribution in [2.75, 3.05) is 26.0 Å². The van der Waals surface area contributed by atoms with Crippen molar-refractivity contribution in [3.63, 3.8) is 0 Å². The largest absolute Gasteiger partial charge is 0.376 e. The summed E-state index contributed by atoms with van der Waals surface area (Å²) in [6.45, 7) is 1.38. The third-order valence-corrected chi connectivity index (χ3v) is 5.33. The number of carbonyl (C=O) groups excluding carboxylic acids is 1. The maximum atomic E-state index is 13.9. The number of hydrogen-bond donors (Lipinski definition) is 1. The highest BCUT2D eigenvalue weighted by molar-refractivity contribution is 7.99. The van der Waals surface area contributed by atoms with Crippen LogP contribution in [-0.2, 0) is 4.74 Å². The summed E-state index contributed by atoms with van der Waals surface area (Å²) in [5.41, 5.74) is 0.884. The van der Waals surface area contributed by atoms with E-state index in [1.54, 1.807) is 18.0 Å². The maximum absolute atomic E-state index is 13.9. The lowest BCUT2D eigenvalue weighted by molar-refractivity contribution is 0.0869. The number of ether oxygens (including phenoxy) is 1. The normalized spacial score (nSPS) is 23.9. The highest BCUT2D eigenvalue weighted by Crippen LogP contribution is 2.37. The van der Waals surface area contributed by atoms with E-state index in [1.807, 2.05) is 6.07 Å². The summed E-state index contributed by atoms with van der Waals surface area (Å²) >= 11 is 1.52. The van der Waals surface area contributed by atoms with Gasteiger partial charge >= 0.3 is 6.03 Å². The second kappa shape index (κ2) is 6.87. The van der Waals surface area contributed by atoms with Crippen LogP contribution in [0.3, 0.4) is 0 Å². The van der Waals surface area contributed by atoms with Gasteiger partial charge in [-0.1, -0.05) is 12.1 Å². The summed E-state index contributed by atoms with van der Waals surface area (Å²) in [6.07, 6.45) is 3.03. The SMILES string of the molecule is CN(C[C@H]1CCCO1)C(=O)N[C@H]1CCSc2c(F)cccc21. The average molecular weight is 324 g/mol. The van der Waals surface area contributed by atoms with Gasteiger partial charge < -0.3 is 15.0 Å². The van der Waals surface area contributed by atoms with Gasteiger partial charge in [0.15, 0.2) is 0 Å². The van der Waals surface area contributed by atoms with Gasteiger partial charge in [-0.3, -0.25) is 0 Å². The highest BCUT2D eigenvalue weighted by Gasteiger charge is 2.26. The van der Waals surface area contributed by atoms with E-state index in [0.29, 0.717) is 11.4 Å². The number of fused-ring (bicyclic) bond motifs is 1. The Kier molecular flexibility index (Phi) is 4.88. The van der Waals surface area contributed by atoms with Crippen LogP contribution < -0.4 is 5.32 Å². The van der Waals surface area contributed by atoms with E-state index in [1.165, 1.54) is 17.8 Å². The van der Waals surface area contributed by atoms with E-state index in [0.717, 1.165) is 37.2 Å². The Morgan fingerprint density at radius 2 is 2.36 bits per heavy atom. The Bertz CT molecular complexity index is 549. The lowest BCUT2D eigenvalue weighted by Crippen LogP contribution is -2.43. The van der Waals surface area contributed by atoms with Crippen LogP contribution in [0, 0.1) is 5.82 Å². The Morgan fingerprint density at radius 3 is 3.14 bits per heavy atom. The van der Waals surface area contributed by atoms with Crippen LogP contribution in [-0.4, -0.2) is 43.0 Å². The summed E-state index contributed by atoms with van der Waals surface area (Å²) in [6, 6.07) is 4.83. The minimum absolute atomic E-state index is 0.119. The van der Waals surface area contributed by atoms with Gasteiger partial charge in [-0.15, -0.1) is 11.8 Å². The molecule has 1 N–H and O–H groups in total. The molecular weight excluding hydrogens is 303 g/mol. The molecule has 1 aromatic carbocycles. The van der Waals surface area contributed by atoms with Gasteiger partial charge in [-0.2, -0.15) is 0 Å². The fraction of sp³-hybridized carbons (Fsp3) is 0.562. The van der Waals surface area contributed by atoms with Crippen molar-refractivity contribution in [1.29, 1.82) is 0 Å². The number of halogens is 1.